The molecule has 202 valence electrons. The molecule has 9 rings (SSSR count). The summed E-state index contributed by atoms with van der Waals surface area (Å²) in [6.45, 7) is 0. The van der Waals surface area contributed by atoms with Gasteiger partial charge in [-0.05, 0) is 112 Å². The van der Waals surface area contributed by atoms with Gasteiger partial charge in [0.05, 0.1) is 0 Å². The fourth-order valence-corrected chi connectivity index (χ4v) is 7.98. The highest BCUT2D eigenvalue weighted by Crippen LogP contribution is 2.56. The Kier molecular flexibility index (Phi) is 5.39. The first-order chi connectivity index (χ1) is 21.1. The summed E-state index contributed by atoms with van der Waals surface area (Å²) >= 11 is 10.6. The average molecular weight is 583 g/mol. The Balaban J connectivity index is 1.26. The van der Waals surface area contributed by atoms with Crippen molar-refractivity contribution in [3.8, 4) is 33.4 Å². The smallest absolute Gasteiger partial charge is 0.107 e. The minimum Gasteiger partial charge on any atom is -0.152 e. The zero-order valence-corrected chi connectivity index (χ0v) is 25.0. The van der Waals surface area contributed by atoms with Crippen LogP contribution in [-0.4, -0.2) is 0 Å². The van der Waals surface area contributed by atoms with Crippen molar-refractivity contribution in [3.05, 3.63) is 157 Å². The van der Waals surface area contributed by atoms with Crippen molar-refractivity contribution in [1.82, 2.24) is 0 Å². The van der Waals surface area contributed by atoms with Crippen molar-refractivity contribution in [2.45, 2.75) is 4.08 Å². The third-order valence-corrected chi connectivity index (χ3v) is 10.2. The van der Waals surface area contributed by atoms with Crippen molar-refractivity contribution < 1.29 is 0 Å². The monoisotopic (exact) mass is 582 g/mol. The molecule has 0 bridgehead atoms. The number of thiol groups is 2. The molecular formula is C41H26S2. The van der Waals surface area contributed by atoms with E-state index < -0.39 is 4.08 Å². The Morgan fingerprint density at radius 1 is 0.349 bits per heavy atom. The normalized spacial score (nSPS) is 13.5. The van der Waals surface area contributed by atoms with Gasteiger partial charge in [0.15, 0.2) is 0 Å². The molecule has 0 saturated carbocycles. The fraction of sp³-hybridized carbons (Fsp3) is 0.0244. The third-order valence-electron chi connectivity index (χ3n) is 9.20. The predicted octanol–water partition coefficient (Wildman–Crippen LogP) is 11.7. The van der Waals surface area contributed by atoms with Gasteiger partial charge in [0.1, 0.15) is 4.08 Å². The molecule has 1 aliphatic rings. The summed E-state index contributed by atoms with van der Waals surface area (Å²) in [5.41, 5.74) is 9.54. The van der Waals surface area contributed by atoms with E-state index in [2.05, 4.69) is 146 Å². The van der Waals surface area contributed by atoms with Gasteiger partial charge in [0, 0.05) is 0 Å². The Hall–Kier alpha value is -4.50. The van der Waals surface area contributed by atoms with Gasteiger partial charge in [-0.15, -0.1) is 0 Å². The molecule has 8 aromatic carbocycles. The zero-order chi connectivity index (χ0) is 28.7. The van der Waals surface area contributed by atoms with Gasteiger partial charge in [0.2, 0.25) is 0 Å². The summed E-state index contributed by atoms with van der Waals surface area (Å²) in [7, 11) is 0. The molecule has 0 nitrogen and oxygen atoms in total. The SMILES string of the molecule is SC1(S)c2cc(-c3c4ccccc4cc4ccccc34)ccc2-c2ccc(-c3c4ccccc4cc4ccccc34)cc21. The first-order valence-corrected chi connectivity index (χ1v) is 15.5. The van der Waals surface area contributed by atoms with Gasteiger partial charge in [-0.25, -0.2) is 0 Å². The third kappa shape index (κ3) is 3.67. The lowest BCUT2D eigenvalue weighted by Crippen LogP contribution is -2.08. The van der Waals surface area contributed by atoms with E-state index >= 15 is 0 Å². The van der Waals surface area contributed by atoms with Crippen LogP contribution in [0.3, 0.4) is 0 Å². The van der Waals surface area contributed by atoms with Crippen molar-refractivity contribution in [2.75, 3.05) is 0 Å². The van der Waals surface area contributed by atoms with E-state index in [1.54, 1.807) is 0 Å². The standard InChI is InChI=1S/C41H26S2/c42-41(43)37-23-29(39-31-13-5-1-9-25(31)21-26-10-2-6-14-32(26)39)17-19-35(37)36-20-18-30(24-38(36)41)40-33-15-7-3-11-27(33)22-28-12-4-8-16-34(28)40/h1-24,42-43H. The lowest BCUT2D eigenvalue weighted by Gasteiger charge is -2.21. The molecule has 0 fully saturated rings. The largest absolute Gasteiger partial charge is 0.152 e. The fourth-order valence-electron chi connectivity index (χ4n) is 7.24. The lowest BCUT2D eigenvalue weighted by atomic mass is 9.90. The maximum Gasteiger partial charge on any atom is 0.107 e. The van der Waals surface area contributed by atoms with Gasteiger partial charge in [-0.3, -0.25) is 0 Å². The highest BCUT2D eigenvalue weighted by molar-refractivity contribution is 8.00. The van der Waals surface area contributed by atoms with Gasteiger partial charge >= 0.3 is 0 Å². The van der Waals surface area contributed by atoms with Crippen LogP contribution < -0.4 is 0 Å². The van der Waals surface area contributed by atoms with E-state index in [-0.39, 0.29) is 0 Å². The second kappa shape index (κ2) is 9.25. The van der Waals surface area contributed by atoms with Crippen LogP contribution >= 0.6 is 25.3 Å². The van der Waals surface area contributed by atoms with E-state index in [9.17, 15) is 0 Å². The second-order valence-corrected chi connectivity index (χ2v) is 13.3. The van der Waals surface area contributed by atoms with Gasteiger partial charge in [0.25, 0.3) is 0 Å². The Labute approximate surface area is 261 Å². The van der Waals surface area contributed by atoms with Crippen LogP contribution in [0.15, 0.2) is 146 Å². The molecular weight excluding hydrogens is 557 g/mol. The zero-order valence-electron chi connectivity index (χ0n) is 23.3. The van der Waals surface area contributed by atoms with Crippen molar-refractivity contribution >= 4 is 68.3 Å². The highest BCUT2D eigenvalue weighted by atomic mass is 32.2. The highest BCUT2D eigenvalue weighted by Gasteiger charge is 2.38. The number of fused-ring (bicyclic) bond motifs is 7. The Morgan fingerprint density at radius 2 is 0.674 bits per heavy atom. The Morgan fingerprint density at radius 3 is 1.02 bits per heavy atom. The molecule has 0 spiro atoms. The van der Waals surface area contributed by atoms with Crippen molar-refractivity contribution in [2.24, 2.45) is 0 Å². The second-order valence-electron chi connectivity index (χ2n) is 11.6. The quantitative estimate of drug-likeness (QED) is 0.113. The van der Waals surface area contributed by atoms with E-state index in [0.29, 0.717) is 0 Å². The maximum absolute atomic E-state index is 5.29. The number of benzene rings is 8. The van der Waals surface area contributed by atoms with Gasteiger partial charge in [-0.1, -0.05) is 121 Å². The molecule has 0 radical (unpaired) electrons. The molecule has 0 aromatic heterocycles. The average Bonchev–Trinajstić information content (AvgIpc) is 3.27. The predicted molar refractivity (Wildman–Crippen MR) is 192 cm³/mol. The maximum atomic E-state index is 5.29. The van der Waals surface area contributed by atoms with E-state index in [4.69, 9.17) is 25.3 Å². The molecule has 0 unspecified atom stereocenters. The molecule has 8 aromatic rings. The molecule has 0 N–H and O–H groups in total. The first-order valence-electron chi connectivity index (χ1n) is 14.6. The topological polar surface area (TPSA) is 0 Å². The van der Waals surface area contributed by atoms with Gasteiger partial charge in [-0.2, -0.15) is 25.3 Å². The van der Waals surface area contributed by atoms with Crippen LogP contribution in [0.1, 0.15) is 11.1 Å². The summed E-state index contributed by atoms with van der Waals surface area (Å²) < 4.78 is -0.739. The van der Waals surface area contributed by atoms with E-state index in [1.807, 2.05) is 0 Å². The minimum absolute atomic E-state index is 0.739. The Bertz CT molecular complexity index is 2150. The van der Waals surface area contributed by atoms with Crippen LogP contribution in [0, 0.1) is 0 Å². The summed E-state index contributed by atoms with van der Waals surface area (Å²) in [5, 5.41) is 10.0. The van der Waals surface area contributed by atoms with Crippen molar-refractivity contribution in [1.29, 1.82) is 0 Å². The minimum atomic E-state index is -0.739. The summed E-state index contributed by atoms with van der Waals surface area (Å²) in [4.78, 5) is 0. The van der Waals surface area contributed by atoms with Crippen molar-refractivity contribution in [3.63, 3.8) is 0 Å². The van der Waals surface area contributed by atoms with Crippen LogP contribution in [0.5, 0.6) is 0 Å². The summed E-state index contributed by atoms with van der Waals surface area (Å²) in [6.07, 6.45) is 0. The molecule has 0 aliphatic heterocycles. The van der Waals surface area contributed by atoms with Crippen LogP contribution in [0.2, 0.25) is 0 Å². The number of hydrogen-bond donors (Lipinski definition) is 2. The van der Waals surface area contributed by atoms with Crippen LogP contribution in [0.4, 0.5) is 0 Å². The molecule has 0 amide bonds. The van der Waals surface area contributed by atoms with Crippen LogP contribution in [-0.2, 0) is 4.08 Å². The summed E-state index contributed by atoms with van der Waals surface area (Å²) in [5.74, 6) is 0. The molecule has 0 atom stereocenters. The van der Waals surface area contributed by atoms with Gasteiger partial charge < -0.3 is 0 Å². The summed E-state index contributed by atoms with van der Waals surface area (Å²) in [6, 6.07) is 53.0. The molecule has 2 heteroatoms. The molecule has 1 aliphatic carbocycles. The number of hydrogen-bond acceptors (Lipinski definition) is 2. The molecule has 43 heavy (non-hydrogen) atoms. The molecule has 0 heterocycles. The lowest BCUT2D eigenvalue weighted by molar-refractivity contribution is 1.15. The van der Waals surface area contributed by atoms with Crippen LogP contribution in [0.25, 0.3) is 76.5 Å². The number of rotatable bonds is 2. The van der Waals surface area contributed by atoms with E-state index in [0.717, 1.165) is 11.1 Å². The first kappa shape index (κ1) is 25.0. The molecule has 0 saturated heterocycles. The van der Waals surface area contributed by atoms with E-state index in [1.165, 1.54) is 76.5 Å².